The van der Waals surface area contributed by atoms with E-state index in [-0.39, 0.29) is 10.8 Å². The highest BCUT2D eigenvalue weighted by Gasteiger charge is 2.16. The second-order valence-corrected chi connectivity index (χ2v) is 8.90. The van der Waals surface area contributed by atoms with Gasteiger partial charge in [-0.25, -0.2) is 8.42 Å². The quantitative estimate of drug-likeness (QED) is 0.527. The molecular weight excluding hydrogens is 406 g/mol. The number of aryl methyl sites for hydroxylation is 2. The first-order valence-corrected chi connectivity index (χ1v) is 10.8. The summed E-state index contributed by atoms with van der Waals surface area (Å²) in [6, 6.07) is 11.1. The molecule has 0 saturated carbocycles. The zero-order valence-corrected chi connectivity index (χ0v) is 17.3. The Balaban J connectivity index is 1.68. The van der Waals surface area contributed by atoms with Crippen LogP contribution in [0.3, 0.4) is 0 Å². The van der Waals surface area contributed by atoms with Crippen LogP contribution >= 0.6 is 0 Å². The molecule has 154 valence electrons. The molecule has 0 aliphatic heterocycles. The predicted octanol–water partition coefficient (Wildman–Crippen LogP) is 2.75. The number of aromatic nitrogens is 4. The summed E-state index contributed by atoms with van der Waals surface area (Å²) >= 11 is 0. The molecule has 2 heterocycles. The molecule has 2 aromatic heterocycles. The highest BCUT2D eigenvalue weighted by Crippen LogP contribution is 2.31. The first-order valence-electron chi connectivity index (χ1n) is 8.95. The lowest BCUT2D eigenvalue weighted by Gasteiger charge is -2.10. The lowest BCUT2D eigenvalue weighted by molar-refractivity contribution is 0.102. The summed E-state index contributed by atoms with van der Waals surface area (Å²) in [6.45, 7) is 0. The molecule has 0 bridgehead atoms. The van der Waals surface area contributed by atoms with E-state index < -0.39 is 9.84 Å². The second-order valence-electron chi connectivity index (χ2n) is 6.88. The summed E-state index contributed by atoms with van der Waals surface area (Å²) < 4.78 is 32.5. The molecule has 2 aromatic carbocycles. The van der Waals surface area contributed by atoms with Crippen LogP contribution in [0.2, 0.25) is 0 Å². The van der Waals surface area contributed by atoms with Crippen molar-refractivity contribution < 1.29 is 17.9 Å². The molecule has 1 amide bonds. The highest BCUT2D eigenvalue weighted by molar-refractivity contribution is 7.90. The Kier molecular flexibility index (Phi) is 4.78. The number of carbonyl (C=O) groups is 1. The monoisotopic (exact) mass is 425 g/mol. The fraction of sp³-hybridized carbons (Fsp3) is 0.150. The standard InChI is InChI=1S/C20H19N5O4S/c1-24-9-8-19(23-24)21-20(26)13-10-17-16(12-25(2)22-17)18(11-13)29-14-4-6-15(7-5-14)30(3,27)28/h4-12H,1-3H3,(H,21,23,26). The molecule has 4 rings (SSSR count). The molecule has 4 aromatic rings. The van der Waals surface area contributed by atoms with Crippen molar-refractivity contribution in [2.24, 2.45) is 14.1 Å². The van der Waals surface area contributed by atoms with Crippen LogP contribution in [-0.2, 0) is 23.9 Å². The average molecular weight is 425 g/mol. The van der Waals surface area contributed by atoms with E-state index in [2.05, 4.69) is 15.5 Å². The molecule has 0 radical (unpaired) electrons. The third-order valence-electron chi connectivity index (χ3n) is 4.40. The highest BCUT2D eigenvalue weighted by atomic mass is 32.2. The molecular formula is C20H19N5O4S. The van der Waals surface area contributed by atoms with Crippen molar-refractivity contribution in [2.75, 3.05) is 11.6 Å². The Morgan fingerprint density at radius 1 is 1.03 bits per heavy atom. The van der Waals surface area contributed by atoms with Gasteiger partial charge >= 0.3 is 0 Å². The Labute approximate surface area is 172 Å². The van der Waals surface area contributed by atoms with E-state index in [1.165, 1.54) is 12.1 Å². The van der Waals surface area contributed by atoms with Crippen molar-refractivity contribution in [2.45, 2.75) is 4.90 Å². The number of sulfone groups is 1. The second kappa shape index (κ2) is 7.30. The first-order chi connectivity index (χ1) is 14.2. The molecule has 1 N–H and O–H groups in total. The van der Waals surface area contributed by atoms with E-state index in [1.54, 1.807) is 66.2 Å². The molecule has 9 nitrogen and oxygen atoms in total. The minimum atomic E-state index is -3.30. The predicted molar refractivity (Wildman–Crippen MR) is 112 cm³/mol. The van der Waals surface area contributed by atoms with Gasteiger partial charge in [0, 0.05) is 44.4 Å². The number of hydrogen-bond acceptors (Lipinski definition) is 6. The lowest BCUT2D eigenvalue weighted by Crippen LogP contribution is -2.12. The van der Waals surface area contributed by atoms with Crippen molar-refractivity contribution >= 4 is 32.5 Å². The number of rotatable bonds is 5. The van der Waals surface area contributed by atoms with Crippen molar-refractivity contribution in [3.8, 4) is 11.5 Å². The average Bonchev–Trinajstić information content (AvgIpc) is 3.25. The van der Waals surface area contributed by atoms with Crippen molar-refractivity contribution in [3.05, 3.63) is 60.4 Å². The summed E-state index contributed by atoms with van der Waals surface area (Å²) in [5.74, 6) is 0.953. The van der Waals surface area contributed by atoms with Crippen molar-refractivity contribution in [1.82, 2.24) is 19.6 Å². The molecule has 0 spiro atoms. The normalized spacial score (nSPS) is 11.6. The lowest BCUT2D eigenvalue weighted by atomic mass is 10.1. The van der Waals surface area contributed by atoms with Gasteiger partial charge in [-0.05, 0) is 36.4 Å². The number of nitrogens with zero attached hydrogens (tertiary/aromatic N) is 4. The van der Waals surface area contributed by atoms with E-state index in [1.807, 2.05) is 0 Å². The number of hydrogen-bond donors (Lipinski definition) is 1. The van der Waals surface area contributed by atoms with Crippen LogP contribution in [0.5, 0.6) is 11.5 Å². The molecule has 0 fully saturated rings. The minimum absolute atomic E-state index is 0.199. The molecule has 0 aliphatic rings. The van der Waals surface area contributed by atoms with E-state index in [4.69, 9.17) is 4.74 Å². The Bertz CT molecular complexity index is 1350. The SMILES string of the molecule is Cn1ccc(NC(=O)c2cc(Oc3ccc(S(C)(=O)=O)cc3)c3cn(C)nc3c2)n1. The number of anilines is 1. The number of benzene rings is 2. The van der Waals surface area contributed by atoms with Gasteiger partial charge in [-0.3, -0.25) is 14.2 Å². The zero-order chi connectivity index (χ0) is 21.5. The molecule has 0 unspecified atom stereocenters. The minimum Gasteiger partial charge on any atom is -0.457 e. The zero-order valence-electron chi connectivity index (χ0n) is 16.5. The third-order valence-corrected chi connectivity index (χ3v) is 5.53. The summed E-state index contributed by atoms with van der Waals surface area (Å²) in [5, 5.41) is 12.0. The van der Waals surface area contributed by atoms with Crippen molar-refractivity contribution in [3.63, 3.8) is 0 Å². The van der Waals surface area contributed by atoms with E-state index in [0.717, 1.165) is 11.6 Å². The maximum absolute atomic E-state index is 12.7. The summed E-state index contributed by atoms with van der Waals surface area (Å²) in [5.41, 5.74) is 0.948. The number of nitrogens with one attached hydrogen (secondary N) is 1. The van der Waals surface area contributed by atoms with Gasteiger partial charge in [0.25, 0.3) is 5.91 Å². The fourth-order valence-electron chi connectivity index (χ4n) is 2.98. The molecule has 0 atom stereocenters. The van der Waals surface area contributed by atoms with E-state index in [9.17, 15) is 13.2 Å². The van der Waals surface area contributed by atoms with Crippen molar-refractivity contribution in [1.29, 1.82) is 0 Å². The largest absolute Gasteiger partial charge is 0.457 e. The molecule has 30 heavy (non-hydrogen) atoms. The summed E-state index contributed by atoms with van der Waals surface area (Å²) in [4.78, 5) is 12.9. The van der Waals surface area contributed by atoms with Gasteiger partial charge in [0.05, 0.1) is 15.8 Å². The summed E-state index contributed by atoms with van der Waals surface area (Å²) in [6.07, 6.45) is 4.66. The van der Waals surface area contributed by atoms with Gasteiger partial charge in [-0.2, -0.15) is 10.2 Å². The maximum atomic E-state index is 12.7. The van der Waals surface area contributed by atoms with Gasteiger partial charge in [0.15, 0.2) is 15.7 Å². The third kappa shape index (κ3) is 4.03. The first kappa shape index (κ1) is 19.6. The van der Waals surface area contributed by atoms with E-state index >= 15 is 0 Å². The van der Waals surface area contributed by atoms with Crippen LogP contribution in [-0.4, -0.2) is 40.1 Å². The van der Waals surface area contributed by atoms with Crippen LogP contribution in [0, 0.1) is 0 Å². The smallest absolute Gasteiger partial charge is 0.257 e. The van der Waals surface area contributed by atoms with Gasteiger partial charge in [-0.1, -0.05) is 0 Å². The Morgan fingerprint density at radius 3 is 2.40 bits per heavy atom. The van der Waals surface area contributed by atoms with Crippen LogP contribution in [0.1, 0.15) is 10.4 Å². The topological polar surface area (TPSA) is 108 Å². The maximum Gasteiger partial charge on any atom is 0.257 e. The Morgan fingerprint density at radius 2 is 1.77 bits per heavy atom. The van der Waals surface area contributed by atoms with Crippen LogP contribution in [0.4, 0.5) is 5.82 Å². The van der Waals surface area contributed by atoms with Gasteiger partial charge in [0.2, 0.25) is 0 Å². The summed E-state index contributed by atoms with van der Waals surface area (Å²) in [7, 11) is 0.237. The van der Waals surface area contributed by atoms with Gasteiger partial charge < -0.3 is 10.1 Å². The number of ether oxygens (including phenoxy) is 1. The van der Waals surface area contributed by atoms with E-state index in [0.29, 0.717) is 28.4 Å². The van der Waals surface area contributed by atoms with Crippen LogP contribution < -0.4 is 10.1 Å². The Hall–Kier alpha value is -3.66. The van der Waals surface area contributed by atoms with Crippen LogP contribution in [0.15, 0.2) is 59.8 Å². The fourth-order valence-corrected chi connectivity index (χ4v) is 3.61. The molecule has 0 saturated heterocycles. The number of fused-ring (bicyclic) bond motifs is 1. The van der Waals surface area contributed by atoms with Crippen LogP contribution in [0.25, 0.3) is 10.9 Å². The van der Waals surface area contributed by atoms with Gasteiger partial charge in [0.1, 0.15) is 11.5 Å². The number of amides is 1. The number of carbonyl (C=O) groups excluding carboxylic acids is 1. The molecule has 0 aliphatic carbocycles. The molecule has 10 heteroatoms. The van der Waals surface area contributed by atoms with Gasteiger partial charge in [-0.15, -0.1) is 0 Å².